The third-order valence-corrected chi connectivity index (χ3v) is 2.23. The minimum absolute atomic E-state index is 0.458. The molecule has 0 saturated carbocycles. The predicted molar refractivity (Wildman–Crippen MR) is 66.6 cm³/mol. The zero-order chi connectivity index (χ0) is 14.2. The van der Waals surface area contributed by atoms with Gasteiger partial charge in [0.05, 0.1) is 4.92 Å². The number of nitro benzene ring substituents is 1. The lowest BCUT2D eigenvalue weighted by Crippen LogP contribution is -2.49. The Bertz CT molecular complexity index is 586. The number of rotatable bonds is 3. The van der Waals surface area contributed by atoms with E-state index in [1.165, 1.54) is 0 Å². The number of nitro groups is 1. The molecule has 1 N–H and O–H groups in total. The summed E-state index contributed by atoms with van der Waals surface area (Å²) in [6.45, 7) is 0. The van der Waals surface area contributed by atoms with Crippen molar-refractivity contribution < 1.29 is 19.6 Å². The number of benzene rings is 1. The molecule has 8 radical (unpaired) electrons. The number of Topliss-reactive ketones (excluding diaryl/α,β-unsaturated/α-hetero) is 1. The number of carboxylic acid groups (broad SMARTS) is 1. The molecule has 1 aromatic carbocycles. The Morgan fingerprint density at radius 2 is 1.50 bits per heavy atom. The van der Waals surface area contributed by atoms with Crippen molar-refractivity contribution in [1.29, 1.82) is 0 Å². The normalized spacial score (nSPS) is 10.0. The van der Waals surface area contributed by atoms with Gasteiger partial charge in [-0.25, -0.2) is 4.79 Å². The van der Waals surface area contributed by atoms with Crippen LogP contribution in [0.1, 0.15) is 10.4 Å². The van der Waals surface area contributed by atoms with Crippen LogP contribution in [0.2, 0.25) is 0 Å². The molecular weight excluding hydrogens is 233 g/mol. The molecule has 0 aliphatic carbocycles. The number of aliphatic carboxylic acids is 1. The van der Waals surface area contributed by atoms with Gasteiger partial charge in [0.15, 0.2) is 0 Å². The third kappa shape index (κ3) is 2.05. The van der Waals surface area contributed by atoms with E-state index in [9.17, 15) is 19.7 Å². The minimum Gasteiger partial charge on any atom is -0.475 e. The monoisotopic (exact) mass is 235 g/mol. The zero-order valence-electron chi connectivity index (χ0n) is 8.84. The molecule has 0 amide bonds. The lowest BCUT2D eigenvalue weighted by Gasteiger charge is -2.15. The molecule has 1 aromatic rings. The van der Waals surface area contributed by atoms with Crippen molar-refractivity contribution in [2.75, 3.05) is 0 Å². The number of hydrogen-bond acceptors (Lipinski definition) is 4. The molecule has 6 nitrogen and oxygen atoms in total. The maximum Gasteiger partial charge on any atom is 0.377 e. The summed E-state index contributed by atoms with van der Waals surface area (Å²) in [6.07, 6.45) is 0. The molecule has 0 aromatic heterocycles. The number of nitrogens with zero attached hydrogens (tertiary/aromatic N) is 1. The van der Waals surface area contributed by atoms with Crippen LogP contribution in [0.3, 0.4) is 0 Å². The number of ketones is 1. The Morgan fingerprint density at radius 3 is 1.89 bits per heavy atom. The molecule has 0 bridgehead atoms. The lowest BCUT2D eigenvalue weighted by molar-refractivity contribution is -0.382. The maximum absolute atomic E-state index is 11.3. The van der Waals surface area contributed by atoms with E-state index >= 15 is 0 Å². The van der Waals surface area contributed by atoms with Crippen LogP contribution in [0, 0.1) is 10.1 Å². The second-order valence-corrected chi connectivity index (χ2v) is 3.27. The van der Waals surface area contributed by atoms with E-state index < -0.39 is 49.8 Å². The Labute approximate surface area is 107 Å². The van der Waals surface area contributed by atoms with Crippen molar-refractivity contribution in [3.63, 3.8) is 0 Å². The van der Waals surface area contributed by atoms with Crippen LogP contribution in [-0.2, 0) is 4.79 Å². The van der Waals surface area contributed by atoms with Crippen molar-refractivity contribution in [3.05, 3.63) is 15.7 Å². The average Bonchev–Trinajstić information content (AvgIpc) is 2.25. The van der Waals surface area contributed by atoms with Gasteiger partial charge >= 0.3 is 5.97 Å². The number of hydrogen-bond donors (Lipinski definition) is 1. The zero-order valence-corrected chi connectivity index (χ0v) is 8.84. The summed E-state index contributed by atoms with van der Waals surface area (Å²) in [5, 5.41) is 19.3. The Kier molecular flexibility index (Phi) is 3.69. The molecule has 0 aliphatic heterocycles. The molecule has 80 valence electrons. The smallest absolute Gasteiger partial charge is 0.377 e. The second-order valence-electron chi connectivity index (χ2n) is 3.27. The molecule has 0 spiro atoms. The first-order valence-corrected chi connectivity index (χ1v) is 4.38. The van der Waals surface area contributed by atoms with Crippen molar-refractivity contribution in [2.24, 2.45) is 0 Å². The van der Waals surface area contributed by atoms with Gasteiger partial charge in [0.2, 0.25) is 0 Å². The molecule has 0 heterocycles. The van der Waals surface area contributed by atoms with E-state index in [1.54, 1.807) is 0 Å². The summed E-state index contributed by atoms with van der Waals surface area (Å²) in [7, 11) is 21.5. The highest BCUT2D eigenvalue weighted by Crippen LogP contribution is 2.04. The van der Waals surface area contributed by atoms with Crippen LogP contribution in [0.4, 0.5) is 5.69 Å². The van der Waals surface area contributed by atoms with Crippen molar-refractivity contribution in [2.45, 2.75) is 0 Å². The van der Waals surface area contributed by atoms with Gasteiger partial charge in [-0.3, -0.25) is 14.9 Å². The van der Waals surface area contributed by atoms with Gasteiger partial charge in [0.1, 0.15) is 31.4 Å². The largest absolute Gasteiger partial charge is 0.475 e. The fourth-order valence-corrected chi connectivity index (χ4v) is 1.36. The summed E-state index contributed by atoms with van der Waals surface area (Å²) < 4.78 is 0. The highest BCUT2D eigenvalue weighted by Gasteiger charge is 2.27. The van der Waals surface area contributed by atoms with Crippen molar-refractivity contribution in [1.82, 2.24) is 0 Å². The van der Waals surface area contributed by atoms with Gasteiger partial charge in [0.25, 0.3) is 11.5 Å². The second kappa shape index (κ2) is 4.72. The van der Waals surface area contributed by atoms with Gasteiger partial charge in [0, 0.05) is 5.56 Å². The SMILES string of the molecule is [B]c1c([B])c(C(=O)C(=O)O)c([B])c([N+](=O)[O-])c1[B]. The summed E-state index contributed by atoms with van der Waals surface area (Å²) in [5.41, 5.74) is -3.77. The lowest BCUT2D eigenvalue weighted by atomic mass is 9.65. The summed E-state index contributed by atoms with van der Waals surface area (Å²) in [4.78, 5) is 31.7. The number of carboxylic acids is 1. The van der Waals surface area contributed by atoms with E-state index in [0.717, 1.165) is 0 Å². The van der Waals surface area contributed by atoms with Gasteiger partial charge in [-0.1, -0.05) is 5.46 Å². The highest BCUT2D eigenvalue weighted by molar-refractivity contribution is 6.65. The van der Waals surface area contributed by atoms with Gasteiger partial charge in [-0.15, -0.1) is 5.46 Å². The first-order valence-electron chi connectivity index (χ1n) is 4.38. The maximum atomic E-state index is 11.3. The van der Waals surface area contributed by atoms with Gasteiger partial charge in [-0.2, -0.15) is 0 Å². The minimum atomic E-state index is -1.87. The fraction of sp³-hybridized carbons (Fsp3) is 0. The fourth-order valence-electron chi connectivity index (χ4n) is 1.36. The van der Waals surface area contributed by atoms with E-state index in [1.807, 2.05) is 0 Å². The van der Waals surface area contributed by atoms with Crippen LogP contribution >= 0.6 is 0 Å². The average molecular weight is 234 g/mol. The van der Waals surface area contributed by atoms with E-state index in [2.05, 4.69) is 0 Å². The Morgan fingerprint density at radius 1 is 1.00 bits per heavy atom. The molecule has 1 rings (SSSR count). The molecule has 10 heteroatoms. The quantitative estimate of drug-likeness (QED) is 0.189. The van der Waals surface area contributed by atoms with Gasteiger partial charge < -0.3 is 5.11 Å². The molecule has 0 saturated heterocycles. The summed E-state index contributed by atoms with van der Waals surface area (Å²) >= 11 is 0. The topological polar surface area (TPSA) is 97.5 Å². The van der Waals surface area contributed by atoms with Crippen molar-refractivity contribution >= 4 is 70.7 Å². The first-order chi connectivity index (χ1) is 8.20. The van der Waals surface area contributed by atoms with Crippen LogP contribution in [0.5, 0.6) is 0 Å². The van der Waals surface area contributed by atoms with Crippen LogP contribution < -0.4 is 21.9 Å². The highest BCUT2D eigenvalue weighted by atomic mass is 16.6. The molecule has 18 heavy (non-hydrogen) atoms. The van der Waals surface area contributed by atoms with E-state index in [4.69, 9.17) is 36.5 Å². The Hall–Kier alpha value is -1.98. The molecule has 0 aliphatic rings. The Balaban J connectivity index is 3.79. The third-order valence-electron chi connectivity index (χ3n) is 2.23. The van der Waals surface area contributed by atoms with Crippen LogP contribution in [0.15, 0.2) is 0 Å². The predicted octanol–water partition coefficient (Wildman–Crippen LogP) is -3.96. The van der Waals surface area contributed by atoms with Crippen LogP contribution in [0.25, 0.3) is 0 Å². The number of carbonyl (C=O) groups is 2. The van der Waals surface area contributed by atoms with Crippen LogP contribution in [-0.4, -0.2) is 53.2 Å². The van der Waals surface area contributed by atoms with E-state index in [-0.39, 0.29) is 0 Å². The summed E-state index contributed by atoms with van der Waals surface area (Å²) in [5.74, 6) is -3.37. The first kappa shape index (κ1) is 14.1. The molecule has 0 atom stereocenters. The molecule has 0 unspecified atom stereocenters. The van der Waals surface area contributed by atoms with E-state index in [0.29, 0.717) is 0 Å². The standard InChI is InChI=1S/C8HB4NO5/c9-2-1(7(14)8(15)16)3(10)6(13(17)18)5(12)4(2)11/h(H,15,16). The molecular formula is C8HB4NO5. The van der Waals surface area contributed by atoms with Crippen molar-refractivity contribution in [3.8, 4) is 0 Å². The van der Waals surface area contributed by atoms with Gasteiger partial charge in [-0.05, 0) is 10.9 Å². The number of carbonyl (C=O) groups excluding carboxylic acids is 1. The molecule has 0 fully saturated rings. The summed E-state index contributed by atoms with van der Waals surface area (Å²) in [6, 6.07) is 0.